The lowest BCUT2D eigenvalue weighted by Gasteiger charge is -2.16. The van der Waals surface area contributed by atoms with E-state index in [1.165, 1.54) is 0 Å². The van der Waals surface area contributed by atoms with Crippen LogP contribution >= 0.6 is 34.5 Å². The molecule has 37 heavy (non-hydrogen) atoms. The normalized spacial score (nSPS) is 11.4. The Kier molecular flexibility index (Phi) is 6.52. The highest BCUT2D eigenvalue weighted by Gasteiger charge is 2.19. The lowest BCUT2D eigenvalue weighted by Crippen LogP contribution is -2.43. The molecule has 0 saturated carbocycles. The molecule has 0 spiro atoms. The topological polar surface area (TPSA) is 99.6 Å². The molecule has 0 bridgehead atoms. The highest BCUT2D eigenvalue weighted by molar-refractivity contribution is 7.13. The third-order valence-electron chi connectivity index (χ3n) is 5.37. The number of benzene rings is 2. The number of aromatic nitrogens is 6. The van der Waals surface area contributed by atoms with Crippen LogP contribution in [0.2, 0.25) is 9.49 Å². The lowest BCUT2D eigenvalue weighted by atomic mass is 10.2. The predicted molar refractivity (Wildman–Crippen MR) is 133 cm³/mol. The number of aryl methyl sites for hydroxylation is 1. The van der Waals surface area contributed by atoms with Crippen LogP contribution in [0.5, 0.6) is 0 Å². The van der Waals surface area contributed by atoms with Crippen LogP contribution in [0.1, 0.15) is 11.3 Å². The van der Waals surface area contributed by atoms with Crippen molar-refractivity contribution in [2.75, 3.05) is 5.32 Å². The van der Waals surface area contributed by atoms with Crippen molar-refractivity contribution in [2.24, 2.45) is 7.05 Å². The molecule has 5 rings (SSSR count). The number of nitrogens with zero attached hydrogens (tertiary/aromatic N) is 6. The third kappa shape index (κ3) is 4.97. The van der Waals surface area contributed by atoms with E-state index in [-0.39, 0.29) is 33.2 Å². The number of nitrogens with one attached hydrogen (secondary N) is 1. The van der Waals surface area contributed by atoms with Crippen molar-refractivity contribution in [1.82, 2.24) is 28.9 Å². The lowest BCUT2D eigenvalue weighted by molar-refractivity contribution is 0.485. The molecule has 0 fully saturated rings. The standard InChI is InChI=1S/C22H14Cl2F3N7O2S/c1-32-6-11-3-18(13(23)4-17(11)31-32)29-20-30-21(35)34(8-12-9-37-19(24)28-12)22(36)33(20)7-10-2-15(26)16(27)5-14(10)25/h2-6,9H,7-8H2,1H3,(H,29,30,35). The summed E-state index contributed by atoms with van der Waals surface area (Å²) in [5.74, 6) is -4.07. The van der Waals surface area contributed by atoms with E-state index in [1.54, 1.807) is 35.4 Å². The van der Waals surface area contributed by atoms with Gasteiger partial charge in [0.15, 0.2) is 16.1 Å². The molecular weight excluding hydrogens is 554 g/mol. The Hall–Kier alpha value is -3.68. The van der Waals surface area contributed by atoms with E-state index in [1.807, 2.05) is 0 Å². The first kappa shape index (κ1) is 25.0. The van der Waals surface area contributed by atoms with E-state index in [0.717, 1.165) is 20.5 Å². The van der Waals surface area contributed by atoms with Gasteiger partial charge < -0.3 is 5.32 Å². The average molecular weight is 568 g/mol. The van der Waals surface area contributed by atoms with Gasteiger partial charge in [0.25, 0.3) is 0 Å². The molecule has 0 aliphatic rings. The van der Waals surface area contributed by atoms with E-state index in [9.17, 15) is 22.8 Å². The maximum atomic E-state index is 14.5. The SMILES string of the molecule is Cn1cc2cc(Nc3nc(=O)n(Cc4csc(Cl)n4)c(=O)n3Cc3cc(F)c(F)cc3F)c(Cl)cc2n1. The summed E-state index contributed by atoms with van der Waals surface area (Å²) in [6, 6.07) is 4.20. The van der Waals surface area contributed by atoms with Gasteiger partial charge in [0.05, 0.1) is 35.0 Å². The first-order valence-corrected chi connectivity index (χ1v) is 12.1. The van der Waals surface area contributed by atoms with E-state index < -0.39 is 35.4 Å². The highest BCUT2D eigenvalue weighted by Crippen LogP contribution is 2.29. The Bertz CT molecular complexity index is 1800. The average Bonchev–Trinajstić information content (AvgIpc) is 3.40. The van der Waals surface area contributed by atoms with E-state index >= 15 is 0 Å². The number of anilines is 2. The molecule has 0 amide bonds. The molecule has 3 aromatic heterocycles. The first-order chi connectivity index (χ1) is 17.6. The second-order valence-corrected chi connectivity index (χ2v) is 9.79. The Morgan fingerprint density at radius 2 is 1.73 bits per heavy atom. The van der Waals surface area contributed by atoms with Crippen LogP contribution in [0.15, 0.2) is 45.4 Å². The highest BCUT2D eigenvalue weighted by atomic mass is 35.5. The fourth-order valence-electron chi connectivity index (χ4n) is 3.66. The van der Waals surface area contributed by atoms with Crippen LogP contribution < -0.4 is 16.7 Å². The fraction of sp³-hybridized carbons (Fsp3) is 0.136. The van der Waals surface area contributed by atoms with Crippen LogP contribution in [0.25, 0.3) is 10.9 Å². The van der Waals surface area contributed by atoms with Gasteiger partial charge in [-0.05, 0) is 18.2 Å². The smallest absolute Gasteiger partial charge is 0.324 e. The molecule has 5 aromatic rings. The van der Waals surface area contributed by atoms with Crippen molar-refractivity contribution in [1.29, 1.82) is 0 Å². The Morgan fingerprint density at radius 1 is 0.973 bits per heavy atom. The van der Waals surface area contributed by atoms with Gasteiger partial charge in [0.2, 0.25) is 5.95 Å². The van der Waals surface area contributed by atoms with Gasteiger partial charge in [-0.2, -0.15) is 10.1 Å². The van der Waals surface area contributed by atoms with Crippen LogP contribution in [-0.2, 0) is 20.1 Å². The van der Waals surface area contributed by atoms with Crippen LogP contribution in [0.3, 0.4) is 0 Å². The van der Waals surface area contributed by atoms with Crippen molar-refractivity contribution in [2.45, 2.75) is 13.1 Å². The molecule has 1 N–H and O–H groups in total. The second-order valence-electron chi connectivity index (χ2n) is 7.94. The van der Waals surface area contributed by atoms with E-state index in [4.69, 9.17) is 23.2 Å². The summed E-state index contributed by atoms with van der Waals surface area (Å²) < 4.78 is 45.3. The number of halogens is 5. The Morgan fingerprint density at radius 3 is 2.46 bits per heavy atom. The predicted octanol–water partition coefficient (Wildman–Crippen LogP) is 4.31. The number of rotatable bonds is 6. The van der Waals surface area contributed by atoms with Crippen molar-refractivity contribution < 1.29 is 13.2 Å². The molecular formula is C22H14Cl2F3N7O2S. The third-order valence-corrected chi connectivity index (χ3v) is 6.71. The molecule has 0 aliphatic heterocycles. The van der Waals surface area contributed by atoms with Gasteiger partial charge in [-0.1, -0.05) is 23.2 Å². The summed E-state index contributed by atoms with van der Waals surface area (Å²) in [5, 5.41) is 9.55. The maximum absolute atomic E-state index is 14.5. The summed E-state index contributed by atoms with van der Waals surface area (Å²) in [4.78, 5) is 34.3. The first-order valence-electron chi connectivity index (χ1n) is 10.4. The zero-order chi connectivity index (χ0) is 26.4. The molecule has 190 valence electrons. The minimum Gasteiger partial charge on any atom is -0.324 e. The number of fused-ring (bicyclic) bond motifs is 1. The van der Waals surface area contributed by atoms with Gasteiger partial charge in [-0.15, -0.1) is 11.3 Å². The summed E-state index contributed by atoms with van der Waals surface area (Å²) in [6.45, 7) is -0.848. The van der Waals surface area contributed by atoms with Gasteiger partial charge in [0, 0.05) is 35.6 Å². The molecule has 3 heterocycles. The summed E-state index contributed by atoms with van der Waals surface area (Å²) >= 11 is 13.3. The van der Waals surface area contributed by atoms with Crippen molar-refractivity contribution in [3.63, 3.8) is 0 Å². The number of thiazole rings is 1. The molecule has 0 unspecified atom stereocenters. The maximum Gasteiger partial charge on any atom is 0.355 e. The number of hydrogen-bond donors (Lipinski definition) is 1. The van der Waals surface area contributed by atoms with Crippen LogP contribution in [0, 0.1) is 17.5 Å². The van der Waals surface area contributed by atoms with Crippen LogP contribution in [0.4, 0.5) is 24.8 Å². The zero-order valence-corrected chi connectivity index (χ0v) is 21.0. The van der Waals surface area contributed by atoms with Gasteiger partial charge in [-0.25, -0.2) is 32.3 Å². The Balaban J connectivity index is 1.64. The molecule has 0 radical (unpaired) electrons. The second kappa shape index (κ2) is 9.65. The summed E-state index contributed by atoms with van der Waals surface area (Å²) in [7, 11) is 1.73. The van der Waals surface area contributed by atoms with Crippen molar-refractivity contribution in [3.05, 3.63) is 95.0 Å². The minimum absolute atomic E-state index is 0.201. The van der Waals surface area contributed by atoms with Crippen molar-refractivity contribution in [3.8, 4) is 0 Å². The van der Waals surface area contributed by atoms with E-state index in [2.05, 4.69) is 20.4 Å². The summed E-state index contributed by atoms with van der Waals surface area (Å²) in [5.41, 5.74) is -0.984. The summed E-state index contributed by atoms with van der Waals surface area (Å²) in [6.07, 6.45) is 1.73. The minimum atomic E-state index is -1.38. The molecule has 0 atom stereocenters. The van der Waals surface area contributed by atoms with Crippen LogP contribution in [-0.4, -0.2) is 28.9 Å². The fourth-order valence-corrected chi connectivity index (χ4v) is 4.64. The quantitative estimate of drug-likeness (QED) is 0.307. The largest absolute Gasteiger partial charge is 0.355 e. The zero-order valence-electron chi connectivity index (χ0n) is 18.7. The van der Waals surface area contributed by atoms with Gasteiger partial charge in [0.1, 0.15) is 5.82 Å². The molecule has 9 nitrogen and oxygen atoms in total. The van der Waals surface area contributed by atoms with Gasteiger partial charge >= 0.3 is 11.4 Å². The number of hydrogen-bond acceptors (Lipinski definition) is 7. The van der Waals surface area contributed by atoms with Gasteiger partial charge in [-0.3, -0.25) is 9.25 Å². The van der Waals surface area contributed by atoms with Crippen molar-refractivity contribution >= 4 is 57.1 Å². The molecule has 0 aliphatic carbocycles. The Labute approximate surface area is 219 Å². The molecule has 0 saturated heterocycles. The molecule has 15 heteroatoms. The monoisotopic (exact) mass is 567 g/mol. The molecule has 2 aromatic carbocycles. The van der Waals surface area contributed by atoms with E-state index in [0.29, 0.717) is 28.7 Å².